The van der Waals surface area contributed by atoms with Crippen LogP contribution in [0.15, 0.2) is 60.8 Å². The smallest absolute Gasteiger partial charge is 0.407 e. The standard InChI is InChI=1S/C36H50N2O16.FHS/c1-21(2)28(39)47-14-12-37-34(45)53-26(17-49-30(41)23(5)6)19-51-32(43)25(9)16-36(10,11)33(44)52-20-27(18-50-31(42)24(7)8)54-35(46)38-13-15-48-29(40)22(3)4;1-2/h26-27H,1,3,5,7,9,12-20H2,2,4,6,8,10-11H3,(H,37,45)(H,38,46);2H. The fourth-order valence-electron chi connectivity index (χ4n) is 3.35. The Morgan fingerprint density at radius 3 is 1.18 bits per heavy atom. The Kier molecular flexibility index (Phi) is 26.1. The Balaban J connectivity index is 0. The fraction of sp³-hybridized carbons (Fsp3) is 0.500. The van der Waals surface area contributed by atoms with E-state index in [2.05, 4.69) is 43.5 Å². The Hall–Kier alpha value is -5.66. The molecule has 0 aromatic rings. The maximum absolute atomic E-state index is 13.1. The van der Waals surface area contributed by atoms with Gasteiger partial charge in [-0.1, -0.05) is 32.9 Å². The topological polar surface area (TPSA) is 234 Å². The van der Waals surface area contributed by atoms with Crippen LogP contribution in [-0.2, 0) is 66.7 Å². The van der Waals surface area contributed by atoms with Gasteiger partial charge in [0.25, 0.3) is 0 Å². The second-order valence-electron chi connectivity index (χ2n) is 12.4. The van der Waals surface area contributed by atoms with Crippen LogP contribution in [0.25, 0.3) is 0 Å². The third-order valence-corrected chi connectivity index (χ3v) is 6.25. The summed E-state index contributed by atoms with van der Waals surface area (Å²) in [6, 6.07) is 0. The molecule has 0 rings (SSSR count). The first-order valence-electron chi connectivity index (χ1n) is 16.5. The second kappa shape index (κ2) is 27.9. The number of amides is 2. The maximum atomic E-state index is 13.1. The Morgan fingerprint density at radius 2 is 0.839 bits per heavy atom. The number of hydrogen-bond donors (Lipinski definition) is 3. The molecule has 2 atom stereocenters. The van der Waals surface area contributed by atoms with Gasteiger partial charge in [0.2, 0.25) is 0 Å². The van der Waals surface area contributed by atoms with Crippen molar-refractivity contribution in [2.75, 3.05) is 52.7 Å². The lowest BCUT2D eigenvalue weighted by Crippen LogP contribution is -2.38. The van der Waals surface area contributed by atoms with Crippen molar-refractivity contribution < 1.29 is 80.1 Å². The highest BCUT2D eigenvalue weighted by Crippen LogP contribution is 2.27. The van der Waals surface area contributed by atoms with Gasteiger partial charge < -0.3 is 48.5 Å². The zero-order valence-electron chi connectivity index (χ0n) is 32.4. The van der Waals surface area contributed by atoms with Gasteiger partial charge in [-0.15, -0.1) is 0 Å². The lowest BCUT2D eigenvalue weighted by Gasteiger charge is -2.25. The molecule has 20 heteroatoms. The van der Waals surface area contributed by atoms with Crippen molar-refractivity contribution in [2.45, 2.75) is 60.2 Å². The second-order valence-corrected chi connectivity index (χ2v) is 12.4. The minimum atomic E-state index is -1.40. The third kappa shape index (κ3) is 23.9. The average Bonchev–Trinajstić information content (AvgIpc) is 3.13. The molecule has 0 saturated carbocycles. The number of ether oxygens (including phenoxy) is 8. The van der Waals surface area contributed by atoms with Crippen molar-refractivity contribution in [1.82, 2.24) is 10.6 Å². The van der Waals surface area contributed by atoms with E-state index >= 15 is 0 Å². The van der Waals surface area contributed by atoms with Crippen LogP contribution in [0.4, 0.5) is 13.5 Å². The van der Waals surface area contributed by atoms with Crippen LogP contribution in [-0.4, -0.2) is 113 Å². The third-order valence-electron chi connectivity index (χ3n) is 6.25. The summed E-state index contributed by atoms with van der Waals surface area (Å²) in [6.45, 7) is 23.2. The molecule has 0 aliphatic rings. The molecule has 0 radical (unpaired) electrons. The van der Waals surface area contributed by atoms with Crippen LogP contribution in [0, 0.1) is 5.41 Å². The Morgan fingerprint density at radius 1 is 0.536 bits per heavy atom. The quantitative estimate of drug-likeness (QED) is 0.0416. The van der Waals surface area contributed by atoms with E-state index in [-0.39, 0.29) is 60.6 Å². The predicted octanol–water partition coefficient (Wildman–Crippen LogP) is 3.51. The minimum Gasteiger partial charge on any atom is -0.461 e. The van der Waals surface area contributed by atoms with Crippen molar-refractivity contribution in [2.24, 2.45) is 5.41 Å². The summed E-state index contributed by atoms with van der Waals surface area (Å²) in [5, 5.41) is 4.66. The van der Waals surface area contributed by atoms with Crippen molar-refractivity contribution in [3.8, 4) is 0 Å². The number of halogens is 1. The van der Waals surface area contributed by atoms with Crippen LogP contribution >= 0.6 is 13.0 Å². The molecule has 0 aliphatic heterocycles. The summed E-state index contributed by atoms with van der Waals surface area (Å²) in [5.74, 6) is -4.74. The lowest BCUT2D eigenvalue weighted by molar-refractivity contribution is -0.159. The molecule has 0 spiro atoms. The van der Waals surface area contributed by atoms with Gasteiger partial charge in [0.05, 0.1) is 18.5 Å². The Bertz CT molecular complexity index is 1490. The predicted molar refractivity (Wildman–Crippen MR) is 199 cm³/mol. The summed E-state index contributed by atoms with van der Waals surface area (Å²) in [6.07, 6.45) is -4.86. The van der Waals surface area contributed by atoms with Gasteiger partial charge in [0.1, 0.15) is 39.6 Å². The lowest BCUT2D eigenvalue weighted by atomic mass is 9.86. The van der Waals surface area contributed by atoms with Crippen LogP contribution in [0.1, 0.15) is 48.0 Å². The van der Waals surface area contributed by atoms with Gasteiger partial charge >= 0.3 is 48.0 Å². The largest absolute Gasteiger partial charge is 0.461 e. The van der Waals surface area contributed by atoms with Gasteiger partial charge in [0, 0.05) is 40.9 Å². The summed E-state index contributed by atoms with van der Waals surface area (Å²) >= 11 is 2.03. The first kappa shape index (κ1) is 52.4. The van der Waals surface area contributed by atoms with E-state index in [1.807, 2.05) is 13.0 Å². The number of esters is 6. The zero-order chi connectivity index (χ0) is 43.6. The van der Waals surface area contributed by atoms with E-state index in [9.17, 15) is 42.2 Å². The van der Waals surface area contributed by atoms with Gasteiger partial charge in [-0.05, 0) is 48.0 Å². The first-order chi connectivity index (χ1) is 26.1. The fourth-order valence-corrected chi connectivity index (χ4v) is 3.35. The van der Waals surface area contributed by atoms with Crippen LogP contribution in [0.2, 0.25) is 0 Å². The average molecular weight is 819 g/mol. The molecule has 2 amide bonds. The molecule has 0 aromatic heterocycles. The monoisotopic (exact) mass is 818 g/mol. The summed E-state index contributed by atoms with van der Waals surface area (Å²) in [5.41, 5.74) is -1.13. The molecule has 2 unspecified atom stereocenters. The number of carbonyl (C=O) groups is 8. The van der Waals surface area contributed by atoms with E-state index in [1.54, 1.807) is 0 Å². The van der Waals surface area contributed by atoms with E-state index in [0.717, 1.165) is 0 Å². The van der Waals surface area contributed by atoms with Gasteiger partial charge in [0.15, 0.2) is 12.2 Å². The molecule has 0 saturated heterocycles. The maximum Gasteiger partial charge on any atom is 0.407 e. The highest BCUT2D eigenvalue weighted by atomic mass is 32.1. The molecule has 0 aliphatic carbocycles. The SMILES string of the molecule is C=C(C)C(=O)OCCNC(=O)OC(COC(=O)C(=C)C)COC(=O)C(=C)CC(C)(C)C(=O)OCC(COC(=O)C(=C)C)OC(=O)NCCOC(=O)C(=C)C.FS. The van der Waals surface area contributed by atoms with E-state index in [0.29, 0.717) is 0 Å². The van der Waals surface area contributed by atoms with Crippen molar-refractivity contribution >= 4 is 61.0 Å². The molecule has 314 valence electrons. The molecule has 18 nitrogen and oxygen atoms in total. The molecule has 56 heavy (non-hydrogen) atoms. The van der Waals surface area contributed by atoms with Crippen molar-refractivity contribution in [1.29, 1.82) is 0 Å². The van der Waals surface area contributed by atoms with E-state index < -0.39 is 92.1 Å². The van der Waals surface area contributed by atoms with E-state index in [4.69, 9.17) is 37.9 Å². The van der Waals surface area contributed by atoms with Gasteiger partial charge in [-0.25, -0.2) is 33.6 Å². The Labute approximate surface area is 330 Å². The number of hydrogen-bond acceptors (Lipinski definition) is 17. The summed E-state index contributed by atoms with van der Waals surface area (Å²) in [4.78, 5) is 97.2. The molecule has 0 bridgehead atoms. The summed E-state index contributed by atoms with van der Waals surface area (Å²) < 4.78 is 49.9. The van der Waals surface area contributed by atoms with Crippen LogP contribution in [0.3, 0.4) is 0 Å². The van der Waals surface area contributed by atoms with E-state index in [1.165, 1.54) is 41.5 Å². The highest BCUT2D eigenvalue weighted by Gasteiger charge is 2.34. The number of nitrogens with one attached hydrogen (secondary N) is 2. The van der Waals surface area contributed by atoms with Crippen LogP contribution < -0.4 is 10.6 Å². The minimum absolute atomic E-state index is 0.0600. The van der Waals surface area contributed by atoms with Gasteiger partial charge in [-0.3, -0.25) is 4.79 Å². The van der Waals surface area contributed by atoms with Gasteiger partial charge in [-0.2, -0.15) is 3.89 Å². The normalized spacial score (nSPS) is 11.2. The number of carbonyl (C=O) groups excluding carboxylic acids is 8. The number of rotatable bonds is 24. The molecule has 0 fully saturated rings. The molecular weight excluding hydrogens is 767 g/mol. The molecule has 0 heterocycles. The molecular formula is C36H51FN2O16S. The van der Waals surface area contributed by atoms with Crippen molar-refractivity contribution in [3.63, 3.8) is 0 Å². The highest BCUT2D eigenvalue weighted by molar-refractivity contribution is 7.74. The number of alkyl carbamates (subject to hydrolysis) is 2. The van der Waals surface area contributed by atoms with Crippen molar-refractivity contribution in [3.05, 3.63) is 60.8 Å². The zero-order valence-corrected chi connectivity index (χ0v) is 33.3. The number of thiol groups is 1. The summed E-state index contributed by atoms with van der Waals surface area (Å²) in [7, 11) is 0. The molecule has 2 N–H and O–H groups in total. The molecule has 0 aromatic carbocycles. The van der Waals surface area contributed by atoms with Crippen LogP contribution in [0.5, 0.6) is 0 Å². The first-order valence-corrected chi connectivity index (χ1v) is 16.8.